The zero-order chi connectivity index (χ0) is 13.1. The number of rotatable bonds is 2. The molecule has 2 nitrogen and oxygen atoms in total. The molecule has 2 rings (SSSR count). The number of hydrogen-bond donors (Lipinski definition) is 1. The van der Waals surface area contributed by atoms with Gasteiger partial charge in [0.1, 0.15) is 0 Å². The van der Waals surface area contributed by atoms with Crippen LogP contribution in [-0.2, 0) is 4.79 Å². The third-order valence-corrected chi connectivity index (χ3v) is 3.57. The summed E-state index contributed by atoms with van der Waals surface area (Å²) in [6.07, 6.45) is 3.85. The summed E-state index contributed by atoms with van der Waals surface area (Å²) < 4.78 is 25.7. The molecule has 1 aromatic carbocycles. The van der Waals surface area contributed by atoms with E-state index in [1.165, 1.54) is 6.07 Å². The Morgan fingerprint density at radius 3 is 2.44 bits per heavy atom. The molecule has 1 amide bonds. The van der Waals surface area contributed by atoms with Crippen molar-refractivity contribution in [2.24, 2.45) is 11.8 Å². The minimum Gasteiger partial charge on any atom is -0.326 e. The zero-order valence-corrected chi connectivity index (χ0v) is 10.4. The summed E-state index contributed by atoms with van der Waals surface area (Å²) in [5, 5.41) is 2.65. The van der Waals surface area contributed by atoms with Crippen LogP contribution in [0.5, 0.6) is 0 Å². The average molecular weight is 253 g/mol. The summed E-state index contributed by atoms with van der Waals surface area (Å²) in [5.74, 6) is -1.26. The maximum absolute atomic E-state index is 13.0. The van der Waals surface area contributed by atoms with E-state index in [0.29, 0.717) is 11.6 Å². The van der Waals surface area contributed by atoms with E-state index < -0.39 is 11.6 Å². The predicted octanol–water partition coefficient (Wildman–Crippen LogP) is 3.73. The van der Waals surface area contributed by atoms with Gasteiger partial charge >= 0.3 is 0 Å². The van der Waals surface area contributed by atoms with Crippen LogP contribution in [0.15, 0.2) is 18.2 Å². The molecule has 0 atom stereocenters. The molecule has 0 saturated heterocycles. The molecule has 0 spiro atoms. The SMILES string of the molecule is CC1CCC(C(=O)Nc2ccc(F)c(F)c2)CC1. The largest absolute Gasteiger partial charge is 0.326 e. The molecule has 0 radical (unpaired) electrons. The minimum absolute atomic E-state index is 0.00526. The third kappa shape index (κ3) is 3.06. The van der Waals surface area contributed by atoms with Crippen molar-refractivity contribution >= 4 is 11.6 Å². The summed E-state index contributed by atoms with van der Waals surface area (Å²) in [6, 6.07) is 3.41. The maximum atomic E-state index is 13.0. The second-order valence-corrected chi connectivity index (χ2v) is 5.07. The monoisotopic (exact) mass is 253 g/mol. The summed E-state index contributed by atoms with van der Waals surface area (Å²) in [4.78, 5) is 11.9. The Morgan fingerprint density at radius 1 is 1.17 bits per heavy atom. The molecular weight excluding hydrogens is 236 g/mol. The normalized spacial score (nSPS) is 23.7. The molecule has 1 aliphatic carbocycles. The maximum Gasteiger partial charge on any atom is 0.227 e. The molecule has 98 valence electrons. The van der Waals surface area contributed by atoms with Gasteiger partial charge in [0, 0.05) is 17.7 Å². The molecule has 0 unspecified atom stereocenters. The minimum atomic E-state index is -0.940. The highest BCUT2D eigenvalue weighted by Crippen LogP contribution is 2.29. The molecule has 0 aliphatic heterocycles. The molecule has 4 heteroatoms. The van der Waals surface area contributed by atoms with Crippen molar-refractivity contribution in [3.63, 3.8) is 0 Å². The Bertz CT molecular complexity index is 439. The summed E-state index contributed by atoms with van der Waals surface area (Å²) in [5.41, 5.74) is 0.317. The lowest BCUT2D eigenvalue weighted by Crippen LogP contribution is -2.26. The molecule has 18 heavy (non-hydrogen) atoms. The molecule has 1 N–H and O–H groups in total. The third-order valence-electron chi connectivity index (χ3n) is 3.57. The molecule has 1 aromatic rings. The number of carbonyl (C=O) groups is 1. The van der Waals surface area contributed by atoms with Crippen LogP contribution in [0.25, 0.3) is 0 Å². The van der Waals surface area contributed by atoms with E-state index in [2.05, 4.69) is 12.2 Å². The first kappa shape index (κ1) is 13.0. The summed E-state index contributed by atoms with van der Waals surface area (Å²) in [6.45, 7) is 2.18. The highest BCUT2D eigenvalue weighted by atomic mass is 19.2. The lowest BCUT2D eigenvalue weighted by molar-refractivity contribution is -0.121. The van der Waals surface area contributed by atoms with Gasteiger partial charge in [0.25, 0.3) is 0 Å². The molecule has 1 aliphatic rings. The lowest BCUT2D eigenvalue weighted by Gasteiger charge is -2.25. The van der Waals surface area contributed by atoms with Crippen molar-refractivity contribution in [3.05, 3.63) is 29.8 Å². The number of anilines is 1. The number of amides is 1. The van der Waals surface area contributed by atoms with Gasteiger partial charge in [0.15, 0.2) is 11.6 Å². The topological polar surface area (TPSA) is 29.1 Å². The first-order valence-corrected chi connectivity index (χ1v) is 6.32. The zero-order valence-electron chi connectivity index (χ0n) is 10.4. The van der Waals surface area contributed by atoms with Crippen LogP contribution >= 0.6 is 0 Å². The van der Waals surface area contributed by atoms with Crippen LogP contribution < -0.4 is 5.32 Å². The van der Waals surface area contributed by atoms with Crippen molar-refractivity contribution in [3.8, 4) is 0 Å². The van der Waals surface area contributed by atoms with Gasteiger partial charge < -0.3 is 5.32 Å². The lowest BCUT2D eigenvalue weighted by atomic mass is 9.82. The fourth-order valence-electron chi connectivity index (χ4n) is 2.34. The highest BCUT2D eigenvalue weighted by molar-refractivity contribution is 5.92. The van der Waals surface area contributed by atoms with E-state index >= 15 is 0 Å². The van der Waals surface area contributed by atoms with Gasteiger partial charge in [0.2, 0.25) is 5.91 Å². The Balaban J connectivity index is 1.96. The van der Waals surface area contributed by atoms with Crippen molar-refractivity contribution < 1.29 is 13.6 Å². The van der Waals surface area contributed by atoms with Crippen LogP contribution in [0, 0.1) is 23.5 Å². The molecule has 0 aromatic heterocycles. The predicted molar refractivity (Wildman–Crippen MR) is 66.1 cm³/mol. The number of carbonyl (C=O) groups excluding carboxylic acids is 1. The summed E-state index contributed by atoms with van der Waals surface area (Å²) >= 11 is 0. The second kappa shape index (κ2) is 5.46. The van der Waals surface area contributed by atoms with Gasteiger partial charge in [-0.3, -0.25) is 4.79 Å². The van der Waals surface area contributed by atoms with Crippen LogP contribution in [0.3, 0.4) is 0 Å². The van der Waals surface area contributed by atoms with Crippen molar-refractivity contribution in [2.45, 2.75) is 32.6 Å². The average Bonchev–Trinajstić information content (AvgIpc) is 2.34. The van der Waals surface area contributed by atoms with Crippen LogP contribution in [0.1, 0.15) is 32.6 Å². The Kier molecular flexibility index (Phi) is 3.94. The summed E-state index contributed by atoms with van der Waals surface area (Å²) in [7, 11) is 0. The van der Waals surface area contributed by atoms with Crippen LogP contribution in [-0.4, -0.2) is 5.91 Å². The van der Waals surface area contributed by atoms with Gasteiger partial charge in [-0.05, 0) is 43.7 Å². The van der Waals surface area contributed by atoms with Crippen molar-refractivity contribution in [1.29, 1.82) is 0 Å². The Hall–Kier alpha value is -1.45. The standard InChI is InChI=1S/C14H17F2NO/c1-9-2-4-10(5-3-9)14(18)17-11-6-7-12(15)13(16)8-11/h6-10H,2-5H2,1H3,(H,17,18). The molecule has 1 saturated carbocycles. The van der Waals surface area contributed by atoms with Gasteiger partial charge in [-0.1, -0.05) is 6.92 Å². The molecular formula is C14H17F2NO. The van der Waals surface area contributed by atoms with E-state index in [-0.39, 0.29) is 11.8 Å². The van der Waals surface area contributed by atoms with E-state index in [0.717, 1.165) is 37.8 Å². The van der Waals surface area contributed by atoms with Gasteiger partial charge in [-0.25, -0.2) is 8.78 Å². The van der Waals surface area contributed by atoms with Gasteiger partial charge in [0.05, 0.1) is 0 Å². The van der Waals surface area contributed by atoms with E-state index in [9.17, 15) is 13.6 Å². The molecule has 0 bridgehead atoms. The fourth-order valence-corrected chi connectivity index (χ4v) is 2.34. The quantitative estimate of drug-likeness (QED) is 0.854. The molecule has 1 fully saturated rings. The first-order chi connectivity index (χ1) is 8.56. The number of nitrogens with one attached hydrogen (secondary N) is 1. The van der Waals surface area contributed by atoms with E-state index in [1.54, 1.807) is 0 Å². The van der Waals surface area contributed by atoms with Gasteiger partial charge in [-0.15, -0.1) is 0 Å². The second-order valence-electron chi connectivity index (χ2n) is 5.07. The molecule has 0 heterocycles. The Labute approximate surface area is 105 Å². The van der Waals surface area contributed by atoms with E-state index in [4.69, 9.17) is 0 Å². The number of hydrogen-bond acceptors (Lipinski definition) is 1. The Morgan fingerprint density at radius 2 is 1.83 bits per heavy atom. The van der Waals surface area contributed by atoms with E-state index in [1.807, 2.05) is 0 Å². The van der Waals surface area contributed by atoms with Crippen molar-refractivity contribution in [2.75, 3.05) is 5.32 Å². The number of benzene rings is 1. The fraction of sp³-hybridized carbons (Fsp3) is 0.500. The van der Waals surface area contributed by atoms with Crippen LogP contribution in [0.2, 0.25) is 0 Å². The van der Waals surface area contributed by atoms with Crippen LogP contribution in [0.4, 0.5) is 14.5 Å². The highest BCUT2D eigenvalue weighted by Gasteiger charge is 2.24. The van der Waals surface area contributed by atoms with Gasteiger partial charge in [-0.2, -0.15) is 0 Å². The number of halogens is 2. The smallest absolute Gasteiger partial charge is 0.227 e. The first-order valence-electron chi connectivity index (χ1n) is 6.32. The van der Waals surface area contributed by atoms with Crippen molar-refractivity contribution in [1.82, 2.24) is 0 Å².